The Labute approximate surface area is 142 Å². The molecule has 4 nitrogen and oxygen atoms in total. The second kappa shape index (κ2) is 7.75. The molecule has 2 aromatic rings. The Morgan fingerprint density at radius 2 is 1.86 bits per heavy atom. The van der Waals surface area contributed by atoms with Gasteiger partial charge in [-0.3, -0.25) is 0 Å². The quantitative estimate of drug-likeness (QED) is 0.807. The Balaban J connectivity index is 1.83. The van der Waals surface area contributed by atoms with Crippen LogP contribution in [0.5, 0.6) is 0 Å². The number of aromatic nitrogens is 2. The summed E-state index contributed by atoms with van der Waals surface area (Å²) in [7, 11) is 0. The minimum Gasteiger partial charge on any atom is -0.362 e. The lowest BCUT2D eigenvalue weighted by atomic mass is 10.1. The first-order valence-corrected chi connectivity index (χ1v) is 7.56. The summed E-state index contributed by atoms with van der Waals surface area (Å²) in [6.45, 7) is 0.625. The van der Waals surface area contributed by atoms with Crippen molar-refractivity contribution in [3.05, 3.63) is 51.1 Å². The normalized spacial score (nSPS) is 10.2. The average Bonchev–Trinajstić information content (AvgIpc) is 2.40. The highest BCUT2D eigenvalue weighted by Crippen LogP contribution is 2.19. The van der Waals surface area contributed by atoms with Gasteiger partial charge in [0.15, 0.2) is 10.9 Å². The van der Waals surface area contributed by atoms with E-state index in [-0.39, 0.29) is 0 Å². The zero-order valence-corrected chi connectivity index (χ0v) is 13.8. The van der Waals surface area contributed by atoms with Gasteiger partial charge in [-0.15, -0.1) is 5.10 Å². The number of hydrogen-bond acceptors (Lipinski definition) is 3. The molecule has 0 aliphatic heterocycles. The summed E-state index contributed by atoms with van der Waals surface area (Å²) in [5, 5.41) is 15.6. The summed E-state index contributed by atoms with van der Waals surface area (Å²) in [5.41, 5.74) is 1.03. The number of anilines is 1. The molecule has 2 rings (SSSR count). The first kappa shape index (κ1) is 16.2. The molecule has 0 fully saturated rings. The maximum absolute atomic E-state index is 5.95. The zero-order valence-electron chi connectivity index (χ0n) is 10.7. The molecule has 2 N–H and O–H groups in total. The van der Waals surface area contributed by atoms with Crippen molar-refractivity contribution < 1.29 is 0 Å². The Morgan fingerprint density at radius 3 is 2.52 bits per heavy atom. The van der Waals surface area contributed by atoms with E-state index < -0.39 is 0 Å². The lowest BCUT2D eigenvalue weighted by Crippen LogP contribution is -2.30. The van der Waals surface area contributed by atoms with Gasteiger partial charge in [-0.05, 0) is 48.5 Å². The summed E-state index contributed by atoms with van der Waals surface area (Å²) in [6, 6.07) is 7.06. The van der Waals surface area contributed by atoms with Gasteiger partial charge >= 0.3 is 0 Å². The number of benzene rings is 1. The van der Waals surface area contributed by atoms with Crippen LogP contribution in [0.25, 0.3) is 0 Å². The summed E-state index contributed by atoms with van der Waals surface area (Å²) >= 11 is 23.0. The smallest absolute Gasteiger partial charge is 0.173 e. The Bertz CT molecular complexity index is 631. The molecule has 0 spiro atoms. The summed E-state index contributed by atoms with van der Waals surface area (Å²) in [5.74, 6) is 0.419. The molecule has 0 aliphatic carbocycles. The van der Waals surface area contributed by atoms with Gasteiger partial charge < -0.3 is 10.6 Å². The predicted octanol–water partition coefficient (Wildman–Crippen LogP) is 3.97. The van der Waals surface area contributed by atoms with Crippen LogP contribution in [-0.4, -0.2) is 21.9 Å². The van der Waals surface area contributed by atoms with Gasteiger partial charge in [0, 0.05) is 16.6 Å². The van der Waals surface area contributed by atoms with E-state index in [4.69, 9.17) is 47.0 Å². The third-order valence-corrected chi connectivity index (χ3v) is 3.51. The van der Waals surface area contributed by atoms with E-state index in [2.05, 4.69) is 20.8 Å². The van der Waals surface area contributed by atoms with E-state index in [1.807, 2.05) is 12.1 Å². The van der Waals surface area contributed by atoms with Crippen LogP contribution >= 0.6 is 47.0 Å². The van der Waals surface area contributed by atoms with Gasteiger partial charge in [-0.1, -0.05) is 34.8 Å². The fraction of sp³-hybridized carbons (Fsp3) is 0.154. The molecule has 1 aromatic heterocycles. The Hall–Kier alpha value is -1.14. The standard InChI is InChI=1S/C13H11Cl3N4S/c14-9-5-8(6-10(15)7-9)1-3-17-13(21)19-12-11(16)2-4-18-20-12/h2,4-7H,1,3H2,(H2,17,19,20,21). The molecular weight excluding hydrogens is 351 g/mol. The van der Waals surface area contributed by atoms with Gasteiger partial charge in [-0.2, -0.15) is 5.10 Å². The number of hydrogen-bond donors (Lipinski definition) is 2. The van der Waals surface area contributed by atoms with Crippen molar-refractivity contribution in [3.8, 4) is 0 Å². The molecule has 1 aromatic carbocycles. The molecule has 21 heavy (non-hydrogen) atoms. The van der Waals surface area contributed by atoms with Crippen molar-refractivity contribution in [1.29, 1.82) is 0 Å². The molecule has 110 valence electrons. The van der Waals surface area contributed by atoms with Crippen molar-refractivity contribution in [2.75, 3.05) is 11.9 Å². The van der Waals surface area contributed by atoms with Gasteiger partial charge in [0.1, 0.15) is 0 Å². The molecule has 0 bridgehead atoms. The molecule has 1 heterocycles. The molecule has 0 aliphatic rings. The van der Waals surface area contributed by atoms with Crippen LogP contribution < -0.4 is 10.6 Å². The Morgan fingerprint density at radius 1 is 1.14 bits per heavy atom. The maximum Gasteiger partial charge on any atom is 0.173 e. The van der Waals surface area contributed by atoms with Crippen LogP contribution in [0.2, 0.25) is 15.1 Å². The van der Waals surface area contributed by atoms with E-state index >= 15 is 0 Å². The summed E-state index contributed by atoms with van der Waals surface area (Å²) in [6.07, 6.45) is 2.24. The van der Waals surface area contributed by atoms with Crippen molar-refractivity contribution in [2.24, 2.45) is 0 Å². The summed E-state index contributed by atoms with van der Waals surface area (Å²) < 4.78 is 0. The minimum absolute atomic E-state index is 0.419. The van der Waals surface area contributed by atoms with Crippen molar-refractivity contribution in [2.45, 2.75) is 6.42 Å². The largest absolute Gasteiger partial charge is 0.362 e. The van der Waals surface area contributed by atoms with Gasteiger partial charge in [0.2, 0.25) is 0 Å². The fourth-order valence-corrected chi connectivity index (χ4v) is 2.54. The van der Waals surface area contributed by atoms with Crippen LogP contribution in [-0.2, 0) is 6.42 Å². The first-order valence-electron chi connectivity index (χ1n) is 6.01. The maximum atomic E-state index is 5.95. The second-order valence-electron chi connectivity index (χ2n) is 4.14. The van der Waals surface area contributed by atoms with E-state index in [9.17, 15) is 0 Å². The number of nitrogens with zero attached hydrogens (tertiary/aromatic N) is 2. The third-order valence-electron chi connectivity index (χ3n) is 2.52. The van der Waals surface area contributed by atoms with Crippen LogP contribution in [0, 0.1) is 0 Å². The van der Waals surface area contributed by atoms with Gasteiger partial charge in [0.25, 0.3) is 0 Å². The molecule has 0 atom stereocenters. The highest BCUT2D eigenvalue weighted by molar-refractivity contribution is 7.80. The van der Waals surface area contributed by atoms with Crippen molar-refractivity contribution in [3.63, 3.8) is 0 Å². The fourth-order valence-electron chi connectivity index (χ4n) is 1.63. The SMILES string of the molecule is S=C(NCCc1cc(Cl)cc(Cl)c1)Nc1nnccc1Cl. The molecule has 0 unspecified atom stereocenters. The molecular formula is C13H11Cl3N4S. The minimum atomic E-state index is 0.419. The summed E-state index contributed by atoms with van der Waals surface area (Å²) in [4.78, 5) is 0. The van der Waals surface area contributed by atoms with E-state index in [1.54, 1.807) is 12.1 Å². The van der Waals surface area contributed by atoms with Crippen LogP contribution in [0.4, 0.5) is 5.82 Å². The highest BCUT2D eigenvalue weighted by Gasteiger charge is 2.04. The predicted molar refractivity (Wildman–Crippen MR) is 91.4 cm³/mol. The van der Waals surface area contributed by atoms with Gasteiger partial charge in [0.05, 0.1) is 11.2 Å². The molecule has 0 radical (unpaired) electrons. The first-order chi connectivity index (χ1) is 10.0. The molecule has 8 heteroatoms. The van der Waals surface area contributed by atoms with Crippen molar-refractivity contribution in [1.82, 2.24) is 15.5 Å². The van der Waals surface area contributed by atoms with E-state index in [0.717, 1.165) is 12.0 Å². The highest BCUT2D eigenvalue weighted by atomic mass is 35.5. The van der Waals surface area contributed by atoms with Crippen LogP contribution in [0.3, 0.4) is 0 Å². The van der Waals surface area contributed by atoms with E-state index in [1.165, 1.54) is 6.20 Å². The van der Waals surface area contributed by atoms with Gasteiger partial charge in [-0.25, -0.2) is 0 Å². The van der Waals surface area contributed by atoms with Crippen molar-refractivity contribution >= 4 is 58.0 Å². The lowest BCUT2D eigenvalue weighted by molar-refractivity contribution is 0.872. The molecule has 0 saturated heterocycles. The third kappa shape index (κ3) is 5.28. The average molecular weight is 362 g/mol. The van der Waals surface area contributed by atoms with Crippen LogP contribution in [0.1, 0.15) is 5.56 Å². The number of rotatable bonds is 4. The number of halogens is 3. The topological polar surface area (TPSA) is 49.8 Å². The monoisotopic (exact) mass is 360 g/mol. The lowest BCUT2D eigenvalue weighted by Gasteiger charge is -2.10. The molecule has 0 saturated carbocycles. The Kier molecular flexibility index (Phi) is 5.99. The van der Waals surface area contributed by atoms with E-state index in [0.29, 0.717) is 32.5 Å². The molecule has 0 amide bonds. The number of thiocarbonyl (C=S) groups is 1. The second-order valence-corrected chi connectivity index (χ2v) is 5.82. The zero-order chi connectivity index (χ0) is 15.2. The number of nitrogens with one attached hydrogen (secondary N) is 2. The van der Waals surface area contributed by atoms with Crippen LogP contribution in [0.15, 0.2) is 30.5 Å².